The first-order valence-corrected chi connectivity index (χ1v) is 8.53. The minimum absolute atomic E-state index is 0.291. The van der Waals surface area contributed by atoms with Crippen molar-refractivity contribution < 1.29 is 14.3 Å². The number of nitrogens with one attached hydrogen (secondary N) is 1. The predicted octanol–water partition coefficient (Wildman–Crippen LogP) is 4.21. The van der Waals surface area contributed by atoms with Gasteiger partial charge in [0.05, 0.1) is 15.2 Å². The Labute approximate surface area is 156 Å². The van der Waals surface area contributed by atoms with Gasteiger partial charge < -0.3 is 4.74 Å². The number of nitrogens with zero attached hydrogens (tertiary/aromatic N) is 1. The lowest BCUT2D eigenvalue weighted by Gasteiger charge is -2.07. The van der Waals surface area contributed by atoms with Crippen LogP contribution in [0.1, 0.15) is 28.4 Å². The Hall–Kier alpha value is -1.99. The van der Waals surface area contributed by atoms with Crippen LogP contribution in [0.2, 0.25) is 0 Å². The summed E-state index contributed by atoms with van der Waals surface area (Å²) in [6.45, 7) is 3.28. The third-order valence-electron chi connectivity index (χ3n) is 2.96. The van der Waals surface area contributed by atoms with E-state index in [0.29, 0.717) is 25.8 Å². The van der Waals surface area contributed by atoms with E-state index >= 15 is 0 Å². The number of rotatable bonds is 4. The highest BCUT2D eigenvalue weighted by molar-refractivity contribution is 9.11. The molecule has 0 bridgehead atoms. The number of ether oxygens (including phenoxy) is 1. The van der Waals surface area contributed by atoms with E-state index in [1.165, 1.54) is 13.1 Å². The second-order valence-corrected chi connectivity index (χ2v) is 6.68. The summed E-state index contributed by atoms with van der Waals surface area (Å²) in [6, 6.07) is 10.7. The number of hydrogen-bond acceptors (Lipinski definition) is 4. The van der Waals surface area contributed by atoms with Crippen molar-refractivity contribution in [3.05, 3.63) is 62.0 Å². The van der Waals surface area contributed by atoms with Crippen LogP contribution in [-0.2, 0) is 4.79 Å². The Bertz CT molecular complexity index is 779. The Morgan fingerprint density at radius 2 is 1.71 bits per heavy atom. The van der Waals surface area contributed by atoms with Gasteiger partial charge in [0, 0.05) is 12.5 Å². The standard InChI is InChI=1S/C17H14Br2N2O3/c1-10-3-5-13(6-4-10)17(23)21-20-9-12-7-14(18)16(15(19)8-12)24-11(2)22/h3-9H,1-2H3,(H,21,23). The molecule has 124 valence electrons. The summed E-state index contributed by atoms with van der Waals surface area (Å²) in [5.41, 5.74) is 4.80. The zero-order valence-corrected chi connectivity index (χ0v) is 16.1. The maximum atomic E-state index is 12.0. The normalized spacial score (nSPS) is 10.7. The van der Waals surface area contributed by atoms with Gasteiger partial charge in [-0.3, -0.25) is 9.59 Å². The van der Waals surface area contributed by atoms with Crippen LogP contribution >= 0.6 is 31.9 Å². The largest absolute Gasteiger partial charge is 0.424 e. The fraction of sp³-hybridized carbons (Fsp3) is 0.118. The maximum absolute atomic E-state index is 12.0. The average molecular weight is 454 g/mol. The summed E-state index contributed by atoms with van der Waals surface area (Å²) >= 11 is 6.67. The first-order chi connectivity index (χ1) is 11.4. The van der Waals surface area contributed by atoms with Gasteiger partial charge in [-0.25, -0.2) is 5.43 Å². The Kier molecular flexibility index (Phi) is 6.28. The molecule has 0 radical (unpaired) electrons. The van der Waals surface area contributed by atoms with Crippen LogP contribution in [-0.4, -0.2) is 18.1 Å². The number of hydrazone groups is 1. The van der Waals surface area contributed by atoms with Crippen molar-refractivity contribution in [1.82, 2.24) is 5.43 Å². The number of benzene rings is 2. The predicted molar refractivity (Wildman–Crippen MR) is 99.4 cm³/mol. The van der Waals surface area contributed by atoms with Gasteiger partial charge in [0.15, 0.2) is 5.75 Å². The number of carbonyl (C=O) groups excluding carboxylic acids is 2. The van der Waals surface area contributed by atoms with E-state index in [9.17, 15) is 9.59 Å². The van der Waals surface area contributed by atoms with E-state index in [4.69, 9.17) is 4.74 Å². The molecule has 5 nitrogen and oxygen atoms in total. The van der Waals surface area contributed by atoms with Gasteiger partial charge in [-0.2, -0.15) is 5.10 Å². The maximum Gasteiger partial charge on any atom is 0.308 e. The van der Waals surface area contributed by atoms with Gasteiger partial charge in [0.2, 0.25) is 0 Å². The zero-order valence-electron chi connectivity index (χ0n) is 13.0. The van der Waals surface area contributed by atoms with Crippen molar-refractivity contribution >= 4 is 50.0 Å². The summed E-state index contributed by atoms with van der Waals surface area (Å²) in [7, 11) is 0. The summed E-state index contributed by atoms with van der Waals surface area (Å²) < 4.78 is 6.29. The number of amides is 1. The van der Waals surface area contributed by atoms with Crippen molar-refractivity contribution in [2.75, 3.05) is 0 Å². The average Bonchev–Trinajstić information content (AvgIpc) is 2.51. The van der Waals surface area contributed by atoms with Gasteiger partial charge in [-0.05, 0) is 68.6 Å². The molecule has 24 heavy (non-hydrogen) atoms. The molecule has 1 amide bonds. The molecule has 7 heteroatoms. The molecule has 0 aliphatic carbocycles. The molecule has 0 aliphatic rings. The molecule has 2 rings (SSSR count). The zero-order chi connectivity index (χ0) is 17.7. The minimum Gasteiger partial charge on any atom is -0.424 e. The highest BCUT2D eigenvalue weighted by Crippen LogP contribution is 2.34. The minimum atomic E-state index is -0.414. The number of carbonyl (C=O) groups is 2. The van der Waals surface area contributed by atoms with Crippen LogP contribution in [0.25, 0.3) is 0 Å². The van der Waals surface area contributed by atoms with Gasteiger partial charge >= 0.3 is 5.97 Å². The number of hydrogen-bond donors (Lipinski definition) is 1. The van der Waals surface area contributed by atoms with E-state index in [1.807, 2.05) is 19.1 Å². The molecule has 2 aromatic carbocycles. The highest BCUT2D eigenvalue weighted by Gasteiger charge is 2.10. The van der Waals surface area contributed by atoms with Crippen molar-refractivity contribution in [3.63, 3.8) is 0 Å². The third-order valence-corrected chi connectivity index (χ3v) is 4.14. The Morgan fingerprint density at radius 1 is 1.12 bits per heavy atom. The molecule has 0 aromatic heterocycles. The fourth-order valence-corrected chi connectivity index (χ4v) is 3.21. The third kappa shape index (κ3) is 5.01. The van der Waals surface area contributed by atoms with Crippen LogP contribution < -0.4 is 10.2 Å². The van der Waals surface area contributed by atoms with Crippen molar-refractivity contribution in [1.29, 1.82) is 0 Å². The fourth-order valence-electron chi connectivity index (χ4n) is 1.83. The molecule has 0 unspecified atom stereocenters. The van der Waals surface area contributed by atoms with E-state index in [-0.39, 0.29) is 5.91 Å². The first kappa shape index (κ1) is 18.4. The second kappa shape index (κ2) is 8.21. The molecule has 2 aromatic rings. The molecule has 1 N–H and O–H groups in total. The lowest BCUT2D eigenvalue weighted by atomic mass is 10.1. The molecule has 0 aliphatic heterocycles. The van der Waals surface area contributed by atoms with Crippen molar-refractivity contribution in [2.45, 2.75) is 13.8 Å². The molecule has 0 atom stereocenters. The summed E-state index contributed by atoms with van der Waals surface area (Å²) in [5.74, 6) is -0.313. The SMILES string of the molecule is CC(=O)Oc1c(Br)cc(C=NNC(=O)c2ccc(C)cc2)cc1Br. The van der Waals surface area contributed by atoms with E-state index in [1.54, 1.807) is 24.3 Å². The molecule has 0 heterocycles. The van der Waals surface area contributed by atoms with Gasteiger partial charge in [0.25, 0.3) is 5.91 Å². The van der Waals surface area contributed by atoms with Gasteiger partial charge in [-0.15, -0.1) is 0 Å². The molecule has 0 saturated heterocycles. The van der Waals surface area contributed by atoms with Crippen LogP contribution in [0.3, 0.4) is 0 Å². The van der Waals surface area contributed by atoms with Gasteiger partial charge in [0.1, 0.15) is 0 Å². The molecular weight excluding hydrogens is 440 g/mol. The highest BCUT2D eigenvalue weighted by atomic mass is 79.9. The summed E-state index contributed by atoms with van der Waals surface area (Å²) in [6.07, 6.45) is 1.50. The first-order valence-electron chi connectivity index (χ1n) is 6.94. The van der Waals surface area contributed by atoms with E-state index in [2.05, 4.69) is 42.4 Å². The van der Waals surface area contributed by atoms with E-state index < -0.39 is 5.97 Å². The summed E-state index contributed by atoms with van der Waals surface area (Å²) in [5, 5.41) is 3.94. The van der Waals surface area contributed by atoms with Crippen LogP contribution in [0.4, 0.5) is 0 Å². The topological polar surface area (TPSA) is 67.8 Å². The van der Waals surface area contributed by atoms with Crippen LogP contribution in [0.5, 0.6) is 5.75 Å². The molecule has 0 fully saturated rings. The molecular formula is C17H14Br2N2O3. The Balaban J connectivity index is 2.08. The number of esters is 1. The van der Waals surface area contributed by atoms with E-state index in [0.717, 1.165) is 5.56 Å². The quantitative estimate of drug-likeness (QED) is 0.326. The van der Waals surface area contributed by atoms with Crippen LogP contribution in [0, 0.1) is 6.92 Å². The monoisotopic (exact) mass is 452 g/mol. The Morgan fingerprint density at radius 3 is 2.25 bits per heavy atom. The second-order valence-electron chi connectivity index (χ2n) is 4.97. The lowest BCUT2D eigenvalue weighted by molar-refractivity contribution is -0.131. The molecule has 0 saturated carbocycles. The smallest absolute Gasteiger partial charge is 0.308 e. The summed E-state index contributed by atoms with van der Waals surface area (Å²) in [4.78, 5) is 23.0. The lowest BCUT2D eigenvalue weighted by Crippen LogP contribution is -2.17. The van der Waals surface area contributed by atoms with Crippen molar-refractivity contribution in [2.24, 2.45) is 5.10 Å². The van der Waals surface area contributed by atoms with Crippen molar-refractivity contribution in [3.8, 4) is 5.75 Å². The number of halogens is 2. The van der Waals surface area contributed by atoms with Gasteiger partial charge in [-0.1, -0.05) is 17.7 Å². The van der Waals surface area contributed by atoms with Crippen LogP contribution in [0.15, 0.2) is 50.4 Å². The number of aryl methyl sites for hydroxylation is 1. The molecule has 0 spiro atoms.